The van der Waals surface area contributed by atoms with Crippen LogP contribution < -0.4 is 0 Å². The minimum absolute atomic E-state index is 0.0419. The zero-order valence-corrected chi connectivity index (χ0v) is 9.80. The normalized spacial score (nSPS) is 12.6. The Bertz CT molecular complexity index is 329. The van der Waals surface area contributed by atoms with Crippen LogP contribution in [0.25, 0.3) is 0 Å². The van der Waals surface area contributed by atoms with Crippen LogP contribution >= 0.6 is 0 Å². The first-order valence-corrected chi connectivity index (χ1v) is 5.15. The van der Waals surface area contributed by atoms with Crippen LogP contribution in [0.3, 0.4) is 0 Å². The molecule has 0 heterocycles. The SMILES string of the molecule is C=CC(=O)OC(C(=O)O)C(CC)(CC)C(=O)O. The number of hydrogen-bond donors (Lipinski definition) is 2. The van der Waals surface area contributed by atoms with Crippen LogP contribution in [-0.4, -0.2) is 34.2 Å². The third-order valence-corrected chi connectivity index (χ3v) is 2.81. The van der Waals surface area contributed by atoms with E-state index < -0.39 is 29.4 Å². The molecule has 96 valence electrons. The molecule has 6 heteroatoms. The van der Waals surface area contributed by atoms with Gasteiger partial charge in [0.25, 0.3) is 0 Å². The molecule has 2 N–H and O–H groups in total. The second-order valence-corrected chi connectivity index (χ2v) is 3.53. The monoisotopic (exact) mass is 244 g/mol. The van der Waals surface area contributed by atoms with Gasteiger partial charge in [0.05, 0.1) is 0 Å². The molecule has 1 unspecified atom stereocenters. The summed E-state index contributed by atoms with van der Waals surface area (Å²) < 4.78 is 4.63. The Morgan fingerprint density at radius 2 is 1.76 bits per heavy atom. The van der Waals surface area contributed by atoms with Gasteiger partial charge in [0.15, 0.2) is 0 Å². The van der Waals surface area contributed by atoms with Crippen molar-refractivity contribution in [3.8, 4) is 0 Å². The lowest BCUT2D eigenvalue weighted by Crippen LogP contribution is -2.48. The molecule has 0 saturated heterocycles. The molecule has 0 rings (SSSR count). The summed E-state index contributed by atoms with van der Waals surface area (Å²) in [5, 5.41) is 18.1. The van der Waals surface area contributed by atoms with Crippen molar-refractivity contribution in [1.82, 2.24) is 0 Å². The maximum absolute atomic E-state index is 11.2. The van der Waals surface area contributed by atoms with Gasteiger partial charge in [-0.25, -0.2) is 9.59 Å². The minimum atomic E-state index is -1.72. The predicted octanol–water partition coefficient (Wildman–Crippen LogP) is 1.06. The van der Waals surface area contributed by atoms with Crippen molar-refractivity contribution in [1.29, 1.82) is 0 Å². The van der Waals surface area contributed by atoms with Crippen LogP contribution in [0.15, 0.2) is 12.7 Å². The average Bonchev–Trinajstić information content (AvgIpc) is 2.28. The summed E-state index contributed by atoms with van der Waals surface area (Å²) in [7, 11) is 0. The van der Waals surface area contributed by atoms with E-state index in [0.717, 1.165) is 6.08 Å². The minimum Gasteiger partial charge on any atom is -0.481 e. The second kappa shape index (κ2) is 6.03. The Hall–Kier alpha value is -1.85. The molecule has 0 aromatic heterocycles. The highest BCUT2D eigenvalue weighted by molar-refractivity contribution is 5.89. The number of carboxylic acid groups (broad SMARTS) is 2. The molecule has 0 amide bonds. The second-order valence-electron chi connectivity index (χ2n) is 3.53. The molecule has 0 spiro atoms. The third-order valence-electron chi connectivity index (χ3n) is 2.81. The Morgan fingerprint density at radius 3 is 2.00 bits per heavy atom. The van der Waals surface area contributed by atoms with Gasteiger partial charge in [0, 0.05) is 6.08 Å². The highest BCUT2D eigenvalue weighted by Gasteiger charge is 2.49. The van der Waals surface area contributed by atoms with Gasteiger partial charge < -0.3 is 14.9 Å². The van der Waals surface area contributed by atoms with E-state index in [0.29, 0.717) is 0 Å². The first-order valence-electron chi connectivity index (χ1n) is 5.15. The summed E-state index contributed by atoms with van der Waals surface area (Å²) in [6, 6.07) is 0. The molecule has 0 aromatic carbocycles. The van der Waals surface area contributed by atoms with Crippen LogP contribution in [0.1, 0.15) is 26.7 Å². The first kappa shape index (κ1) is 15.2. The predicted molar refractivity (Wildman–Crippen MR) is 58.4 cm³/mol. The zero-order valence-electron chi connectivity index (χ0n) is 9.80. The lowest BCUT2D eigenvalue weighted by molar-refractivity contribution is -0.181. The average molecular weight is 244 g/mol. The van der Waals surface area contributed by atoms with E-state index in [4.69, 9.17) is 10.2 Å². The van der Waals surface area contributed by atoms with Gasteiger partial charge in [0.1, 0.15) is 5.41 Å². The quantitative estimate of drug-likeness (QED) is 0.513. The van der Waals surface area contributed by atoms with Gasteiger partial charge >= 0.3 is 17.9 Å². The molecule has 0 fully saturated rings. The zero-order chi connectivity index (χ0) is 13.6. The number of carbonyl (C=O) groups excluding carboxylic acids is 1. The van der Waals surface area contributed by atoms with E-state index >= 15 is 0 Å². The fraction of sp³-hybridized carbons (Fsp3) is 0.545. The van der Waals surface area contributed by atoms with Gasteiger partial charge in [-0.1, -0.05) is 20.4 Å². The number of hydrogen-bond acceptors (Lipinski definition) is 4. The lowest BCUT2D eigenvalue weighted by atomic mass is 9.77. The molecule has 0 radical (unpaired) electrons. The smallest absolute Gasteiger partial charge is 0.346 e. The van der Waals surface area contributed by atoms with Crippen LogP contribution in [0, 0.1) is 5.41 Å². The van der Waals surface area contributed by atoms with E-state index in [2.05, 4.69) is 11.3 Å². The number of rotatable bonds is 7. The maximum atomic E-state index is 11.2. The largest absolute Gasteiger partial charge is 0.481 e. The van der Waals surface area contributed by atoms with E-state index in [1.165, 1.54) is 13.8 Å². The van der Waals surface area contributed by atoms with Gasteiger partial charge in [-0.05, 0) is 12.8 Å². The number of ether oxygens (including phenoxy) is 1. The van der Waals surface area contributed by atoms with Gasteiger partial charge in [-0.3, -0.25) is 4.79 Å². The van der Waals surface area contributed by atoms with E-state index in [1.54, 1.807) is 0 Å². The first-order chi connectivity index (χ1) is 7.85. The molecule has 0 aliphatic carbocycles. The molecule has 0 aromatic rings. The van der Waals surface area contributed by atoms with E-state index in [-0.39, 0.29) is 12.8 Å². The molecule has 1 atom stereocenters. The number of esters is 1. The van der Waals surface area contributed by atoms with Crippen molar-refractivity contribution < 1.29 is 29.3 Å². The molecular formula is C11H16O6. The van der Waals surface area contributed by atoms with Crippen LogP contribution in [0.4, 0.5) is 0 Å². The Labute approximate surface area is 98.9 Å². The molecule has 6 nitrogen and oxygen atoms in total. The fourth-order valence-corrected chi connectivity index (χ4v) is 1.60. The molecule has 17 heavy (non-hydrogen) atoms. The van der Waals surface area contributed by atoms with Crippen LogP contribution in [-0.2, 0) is 19.1 Å². The Balaban J connectivity index is 5.38. The van der Waals surface area contributed by atoms with Gasteiger partial charge in [0.2, 0.25) is 6.10 Å². The van der Waals surface area contributed by atoms with Crippen molar-refractivity contribution in [2.24, 2.45) is 5.41 Å². The summed E-state index contributed by atoms with van der Waals surface area (Å²) in [5.41, 5.74) is -1.62. The molecule has 0 aliphatic heterocycles. The molecule has 0 saturated carbocycles. The van der Waals surface area contributed by atoms with E-state index in [9.17, 15) is 14.4 Å². The summed E-state index contributed by atoms with van der Waals surface area (Å²) in [5.74, 6) is -3.73. The van der Waals surface area contributed by atoms with E-state index in [1.807, 2.05) is 0 Å². The maximum Gasteiger partial charge on any atom is 0.346 e. The highest BCUT2D eigenvalue weighted by atomic mass is 16.6. The summed E-state index contributed by atoms with van der Waals surface area (Å²) in [4.78, 5) is 33.3. The Kier molecular flexibility index (Phi) is 5.37. The van der Waals surface area contributed by atoms with Crippen molar-refractivity contribution >= 4 is 17.9 Å². The standard InChI is InChI=1S/C11H16O6/c1-4-7(12)17-8(9(13)14)11(5-2,6-3)10(15)16/h4,8H,1,5-6H2,2-3H3,(H,13,14)(H,15,16). The molecular weight excluding hydrogens is 228 g/mol. The van der Waals surface area contributed by atoms with Crippen molar-refractivity contribution in [2.45, 2.75) is 32.8 Å². The number of aliphatic carboxylic acids is 2. The van der Waals surface area contributed by atoms with Crippen molar-refractivity contribution in [2.75, 3.05) is 0 Å². The summed E-state index contributed by atoms with van der Waals surface area (Å²) in [6.45, 7) is 6.21. The molecule has 0 bridgehead atoms. The molecule has 0 aliphatic rings. The summed E-state index contributed by atoms with van der Waals surface area (Å²) >= 11 is 0. The van der Waals surface area contributed by atoms with Crippen molar-refractivity contribution in [3.05, 3.63) is 12.7 Å². The number of carbonyl (C=O) groups is 3. The Morgan fingerprint density at radius 1 is 1.29 bits per heavy atom. The fourth-order valence-electron chi connectivity index (χ4n) is 1.60. The summed E-state index contributed by atoms with van der Waals surface area (Å²) in [6.07, 6.45) is -0.839. The number of carboxylic acids is 2. The van der Waals surface area contributed by atoms with Crippen molar-refractivity contribution in [3.63, 3.8) is 0 Å². The van der Waals surface area contributed by atoms with Crippen LogP contribution in [0.2, 0.25) is 0 Å². The van der Waals surface area contributed by atoms with Gasteiger partial charge in [-0.15, -0.1) is 0 Å². The topological polar surface area (TPSA) is 101 Å². The highest BCUT2D eigenvalue weighted by Crippen LogP contribution is 2.33. The third kappa shape index (κ3) is 3.05. The van der Waals surface area contributed by atoms with Gasteiger partial charge in [-0.2, -0.15) is 0 Å². The lowest BCUT2D eigenvalue weighted by Gasteiger charge is -2.31. The van der Waals surface area contributed by atoms with Crippen LogP contribution in [0.5, 0.6) is 0 Å².